The average Bonchev–Trinajstić information content (AvgIpc) is 2.16. The fourth-order valence-electron chi connectivity index (χ4n) is 1.49. The quantitative estimate of drug-likeness (QED) is 0.752. The number of halogens is 1. The zero-order chi connectivity index (χ0) is 10.9. The lowest BCUT2D eigenvalue weighted by molar-refractivity contribution is 0.133. The lowest BCUT2D eigenvalue weighted by Crippen LogP contribution is -2.23. The van der Waals surface area contributed by atoms with Crippen molar-refractivity contribution in [2.45, 2.75) is 26.4 Å². The maximum atomic E-state index is 5.85. The highest BCUT2D eigenvalue weighted by molar-refractivity contribution is 5.85. The van der Waals surface area contributed by atoms with Crippen molar-refractivity contribution in [3.05, 3.63) is 36.5 Å². The number of aromatic nitrogens is 1. The Kier molecular flexibility index (Phi) is 3.76. The largest absolute Gasteiger partial charge is 0.486 e. The van der Waals surface area contributed by atoms with E-state index in [9.17, 15) is 0 Å². The van der Waals surface area contributed by atoms with Crippen LogP contribution in [0.4, 0.5) is 0 Å². The summed E-state index contributed by atoms with van der Waals surface area (Å²) in [6.07, 6.45) is 1.79. The zero-order valence-electron chi connectivity index (χ0n) is 9.73. The van der Waals surface area contributed by atoms with Crippen LogP contribution in [0.2, 0.25) is 0 Å². The second-order valence-electron chi connectivity index (χ2n) is 4.55. The first-order valence-corrected chi connectivity index (χ1v) is 5.09. The van der Waals surface area contributed by atoms with Crippen molar-refractivity contribution >= 4 is 23.3 Å². The molecular formula is C13H16ClNO. The molecule has 0 N–H and O–H groups in total. The fraction of sp³-hybridized carbons (Fsp3) is 0.308. The van der Waals surface area contributed by atoms with Gasteiger partial charge in [0.1, 0.15) is 16.9 Å². The third-order valence-corrected chi connectivity index (χ3v) is 2.01. The summed E-state index contributed by atoms with van der Waals surface area (Å²) < 4.78 is 5.85. The SMILES string of the molecule is CC(C)(C)Oc1cccc2cccnc12.Cl. The normalized spacial score (nSPS) is 10.9. The second-order valence-corrected chi connectivity index (χ2v) is 4.55. The number of ether oxygens (including phenoxy) is 1. The van der Waals surface area contributed by atoms with Gasteiger partial charge in [0.15, 0.2) is 0 Å². The molecule has 1 heterocycles. The molecular weight excluding hydrogens is 222 g/mol. The van der Waals surface area contributed by atoms with Crippen molar-refractivity contribution in [2.24, 2.45) is 0 Å². The Hall–Kier alpha value is -1.28. The van der Waals surface area contributed by atoms with Crippen LogP contribution in [0.1, 0.15) is 20.8 Å². The number of pyridine rings is 1. The summed E-state index contributed by atoms with van der Waals surface area (Å²) in [7, 11) is 0. The van der Waals surface area contributed by atoms with Crippen molar-refractivity contribution in [2.75, 3.05) is 0 Å². The summed E-state index contributed by atoms with van der Waals surface area (Å²) in [5.74, 6) is 0.848. The number of hydrogen-bond donors (Lipinski definition) is 0. The number of fused-ring (bicyclic) bond motifs is 1. The second kappa shape index (κ2) is 4.71. The number of para-hydroxylation sites is 1. The Morgan fingerprint density at radius 1 is 1.06 bits per heavy atom. The predicted molar refractivity (Wildman–Crippen MR) is 69.4 cm³/mol. The average molecular weight is 238 g/mol. The third kappa shape index (κ3) is 2.86. The summed E-state index contributed by atoms with van der Waals surface area (Å²) in [5, 5.41) is 1.11. The number of rotatable bonds is 1. The van der Waals surface area contributed by atoms with Gasteiger partial charge in [-0.25, -0.2) is 0 Å². The maximum Gasteiger partial charge on any atom is 0.146 e. The van der Waals surface area contributed by atoms with E-state index in [0.29, 0.717) is 0 Å². The van der Waals surface area contributed by atoms with E-state index in [1.165, 1.54) is 0 Å². The van der Waals surface area contributed by atoms with Crippen LogP contribution >= 0.6 is 12.4 Å². The van der Waals surface area contributed by atoms with Crippen LogP contribution < -0.4 is 4.74 Å². The number of benzene rings is 1. The molecule has 0 bridgehead atoms. The summed E-state index contributed by atoms with van der Waals surface area (Å²) in [6, 6.07) is 9.96. The monoisotopic (exact) mass is 237 g/mol. The minimum atomic E-state index is -0.189. The molecule has 1 aromatic heterocycles. The molecule has 0 aliphatic rings. The van der Waals surface area contributed by atoms with Gasteiger partial charge in [0.25, 0.3) is 0 Å². The summed E-state index contributed by atoms with van der Waals surface area (Å²) >= 11 is 0. The third-order valence-electron chi connectivity index (χ3n) is 2.01. The van der Waals surface area contributed by atoms with Gasteiger partial charge in [0.2, 0.25) is 0 Å². The number of nitrogens with zero attached hydrogens (tertiary/aromatic N) is 1. The first-order chi connectivity index (χ1) is 7.06. The molecule has 86 valence electrons. The molecule has 0 aliphatic heterocycles. The molecule has 2 nitrogen and oxygen atoms in total. The first-order valence-electron chi connectivity index (χ1n) is 5.09. The van der Waals surface area contributed by atoms with Crippen LogP contribution in [-0.2, 0) is 0 Å². The highest BCUT2D eigenvalue weighted by Gasteiger charge is 2.13. The van der Waals surface area contributed by atoms with Crippen molar-refractivity contribution in [1.82, 2.24) is 4.98 Å². The molecule has 0 radical (unpaired) electrons. The van der Waals surface area contributed by atoms with E-state index in [1.807, 2.05) is 51.1 Å². The molecule has 2 rings (SSSR count). The Labute approximate surface area is 102 Å². The molecule has 0 saturated heterocycles. The van der Waals surface area contributed by atoms with Crippen molar-refractivity contribution in [1.29, 1.82) is 0 Å². The highest BCUT2D eigenvalue weighted by Crippen LogP contribution is 2.26. The van der Waals surface area contributed by atoms with Crippen LogP contribution in [0.5, 0.6) is 5.75 Å². The molecule has 0 spiro atoms. The van der Waals surface area contributed by atoms with Crippen LogP contribution in [0, 0.1) is 0 Å². The Balaban J connectivity index is 0.00000128. The van der Waals surface area contributed by atoms with Gasteiger partial charge in [-0.1, -0.05) is 18.2 Å². The van der Waals surface area contributed by atoms with E-state index < -0.39 is 0 Å². The molecule has 0 atom stereocenters. The first kappa shape index (κ1) is 12.8. The van der Waals surface area contributed by atoms with E-state index in [-0.39, 0.29) is 18.0 Å². The molecule has 1 aromatic carbocycles. The lowest BCUT2D eigenvalue weighted by atomic mass is 10.1. The van der Waals surface area contributed by atoms with Crippen LogP contribution in [0.15, 0.2) is 36.5 Å². The van der Waals surface area contributed by atoms with E-state index in [2.05, 4.69) is 4.98 Å². The van der Waals surface area contributed by atoms with E-state index in [0.717, 1.165) is 16.7 Å². The van der Waals surface area contributed by atoms with Crippen molar-refractivity contribution in [3.8, 4) is 5.75 Å². The zero-order valence-corrected chi connectivity index (χ0v) is 10.5. The topological polar surface area (TPSA) is 22.1 Å². The molecule has 3 heteroatoms. The molecule has 0 fully saturated rings. The minimum Gasteiger partial charge on any atom is -0.486 e. The maximum absolute atomic E-state index is 5.85. The van der Waals surface area contributed by atoms with Gasteiger partial charge in [-0.05, 0) is 32.9 Å². The predicted octanol–water partition coefficient (Wildman–Crippen LogP) is 3.83. The lowest BCUT2D eigenvalue weighted by Gasteiger charge is -2.21. The van der Waals surface area contributed by atoms with Gasteiger partial charge in [0.05, 0.1) is 0 Å². The van der Waals surface area contributed by atoms with Crippen molar-refractivity contribution in [3.63, 3.8) is 0 Å². The molecule has 0 aliphatic carbocycles. The molecule has 0 unspecified atom stereocenters. The van der Waals surface area contributed by atoms with Gasteiger partial charge >= 0.3 is 0 Å². The summed E-state index contributed by atoms with van der Waals surface area (Å²) in [5.41, 5.74) is 0.737. The van der Waals surface area contributed by atoms with Gasteiger partial charge in [-0.2, -0.15) is 0 Å². The molecule has 0 saturated carbocycles. The van der Waals surface area contributed by atoms with Crippen LogP contribution in [0.25, 0.3) is 10.9 Å². The van der Waals surface area contributed by atoms with Crippen molar-refractivity contribution < 1.29 is 4.74 Å². The van der Waals surface area contributed by atoms with Gasteiger partial charge < -0.3 is 4.74 Å². The van der Waals surface area contributed by atoms with E-state index in [4.69, 9.17) is 4.74 Å². The van der Waals surface area contributed by atoms with Crippen LogP contribution in [-0.4, -0.2) is 10.6 Å². The standard InChI is InChI=1S/C13H15NO.ClH/c1-13(2,3)15-11-8-4-6-10-7-5-9-14-12(10)11;/h4-9H,1-3H3;1H. The fourth-order valence-corrected chi connectivity index (χ4v) is 1.49. The smallest absolute Gasteiger partial charge is 0.146 e. The molecule has 0 amide bonds. The van der Waals surface area contributed by atoms with Gasteiger partial charge in [-0.15, -0.1) is 12.4 Å². The minimum absolute atomic E-state index is 0. The Bertz CT molecular complexity index is 471. The van der Waals surface area contributed by atoms with Gasteiger partial charge in [-0.3, -0.25) is 4.98 Å². The highest BCUT2D eigenvalue weighted by atomic mass is 35.5. The number of hydrogen-bond acceptors (Lipinski definition) is 2. The van der Waals surface area contributed by atoms with E-state index >= 15 is 0 Å². The summed E-state index contributed by atoms with van der Waals surface area (Å²) in [4.78, 5) is 4.34. The van der Waals surface area contributed by atoms with Gasteiger partial charge in [0, 0.05) is 11.6 Å². The van der Waals surface area contributed by atoms with E-state index in [1.54, 1.807) is 6.20 Å². The Morgan fingerprint density at radius 3 is 2.44 bits per heavy atom. The molecule has 16 heavy (non-hydrogen) atoms. The summed E-state index contributed by atoms with van der Waals surface area (Å²) in [6.45, 7) is 6.11. The van der Waals surface area contributed by atoms with Crippen LogP contribution in [0.3, 0.4) is 0 Å². The Morgan fingerprint density at radius 2 is 1.75 bits per heavy atom. The molecule has 2 aromatic rings.